The number of rotatable bonds is 7. The first kappa shape index (κ1) is 23.5. The summed E-state index contributed by atoms with van der Waals surface area (Å²) in [5.41, 5.74) is 10.3. The molecule has 0 fully saturated rings. The Morgan fingerprint density at radius 2 is 1.21 bits per heavy atom. The molecule has 1 aliphatic rings. The summed E-state index contributed by atoms with van der Waals surface area (Å²) in [6.07, 6.45) is 8.92. The summed E-state index contributed by atoms with van der Waals surface area (Å²) in [5, 5.41) is 12.7. The van der Waals surface area contributed by atoms with E-state index in [0.29, 0.717) is 0 Å². The molecule has 0 heterocycles. The van der Waals surface area contributed by atoms with Crippen molar-refractivity contribution < 1.29 is 9.68 Å². The summed E-state index contributed by atoms with van der Waals surface area (Å²) in [7, 11) is 0. The fourth-order valence-corrected chi connectivity index (χ4v) is 4.23. The van der Waals surface area contributed by atoms with Crippen LogP contribution in [-0.4, -0.2) is 28.5 Å². The Labute approximate surface area is 203 Å². The van der Waals surface area contributed by atoms with Gasteiger partial charge < -0.3 is 10.4 Å². The summed E-state index contributed by atoms with van der Waals surface area (Å²) in [6.45, 7) is 8.57. The van der Waals surface area contributed by atoms with Gasteiger partial charge in [0.05, 0.1) is 6.61 Å². The Kier molecular flexibility index (Phi) is 7.56. The number of anilines is 2. The average molecular weight is 450 g/mol. The molecule has 3 nitrogen and oxygen atoms in total. The van der Waals surface area contributed by atoms with Crippen LogP contribution in [0.3, 0.4) is 0 Å². The average Bonchev–Trinajstić information content (AvgIpc) is 2.88. The number of aliphatic hydroxyl groups is 1. The third-order valence-corrected chi connectivity index (χ3v) is 6.22. The fourth-order valence-electron chi connectivity index (χ4n) is 4.23. The van der Waals surface area contributed by atoms with Gasteiger partial charge in [0.25, 0.3) is 0 Å². The highest BCUT2D eigenvalue weighted by Crippen LogP contribution is 2.31. The molecule has 0 radical (unpaired) electrons. The molecule has 1 aliphatic carbocycles. The van der Waals surface area contributed by atoms with Gasteiger partial charge in [-0.05, 0) is 85.0 Å². The Morgan fingerprint density at radius 3 is 1.71 bits per heavy atom. The Morgan fingerprint density at radius 1 is 0.706 bits per heavy atom. The van der Waals surface area contributed by atoms with Crippen molar-refractivity contribution in [3.63, 3.8) is 0 Å². The molecule has 0 amide bonds. The molecule has 0 aliphatic heterocycles. The molecule has 2 N–H and O–H groups in total. The van der Waals surface area contributed by atoms with Crippen LogP contribution in [0.15, 0.2) is 103 Å². The van der Waals surface area contributed by atoms with Crippen molar-refractivity contribution in [1.82, 2.24) is 0 Å². The number of benzene rings is 3. The SMILES string of the molecule is CC[N+](CC)=C1C=CC(=C(c2ccc(C)cc2)c2ccc(Nc3ccc(CO)cc3)cc2)C=C1. The first-order chi connectivity index (χ1) is 16.6. The summed E-state index contributed by atoms with van der Waals surface area (Å²) in [5.74, 6) is 0. The van der Waals surface area contributed by atoms with Crippen molar-refractivity contribution in [2.75, 3.05) is 18.4 Å². The van der Waals surface area contributed by atoms with Gasteiger partial charge in [-0.25, -0.2) is 4.58 Å². The lowest BCUT2D eigenvalue weighted by Crippen LogP contribution is -2.19. The van der Waals surface area contributed by atoms with Gasteiger partial charge in [0, 0.05) is 23.5 Å². The predicted molar refractivity (Wildman–Crippen MR) is 144 cm³/mol. The zero-order valence-electron chi connectivity index (χ0n) is 20.3. The maximum atomic E-state index is 9.25. The van der Waals surface area contributed by atoms with Gasteiger partial charge in [-0.3, -0.25) is 0 Å². The van der Waals surface area contributed by atoms with E-state index in [2.05, 4.69) is 103 Å². The van der Waals surface area contributed by atoms with E-state index in [1.807, 2.05) is 24.3 Å². The van der Waals surface area contributed by atoms with E-state index < -0.39 is 0 Å². The lowest BCUT2D eigenvalue weighted by Gasteiger charge is -2.15. The summed E-state index contributed by atoms with van der Waals surface area (Å²) >= 11 is 0. The Bertz CT molecular complexity index is 1220. The normalized spacial score (nSPS) is 12.7. The van der Waals surface area contributed by atoms with Crippen LogP contribution in [-0.2, 0) is 6.61 Å². The van der Waals surface area contributed by atoms with Crippen LogP contribution in [0.2, 0.25) is 0 Å². The zero-order valence-corrected chi connectivity index (χ0v) is 20.3. The minimum atomic E-state index is 0.0580. The predicted octanol–water partition coefficient (Wildman–Crippen LogP) is 6.65. The molecule has 172 valence electrons. The smallest absolute Gasteiger partial charge is 0.199 e. The lowest BCUT2D eigenvalue weighted by atomic mass is 9.90. The first-order valence-electron chi connectivity index (χ1n) is 12.0. The third-order valence-electron chi connectivity index (χ3n) is 6.22. The lowest BCUT2D eigenvalue weighted by molar-refractivity contribution is -0.519. The minimum absolute atomic E-state index is 0.0580. The monoisotopic (exact) mass is 449 g/mol. The molecule has 0 saturated carbocycles. The number of aryl methyl sites for hydroxylation is 1. The molecule has 0 saturated heterocycles. The number of allylic oxidation sites excluding steroid dienone is 5. The molecule has 4 rings (SSSR count). The van der Waals surface area contributed by atoms with Crippen molar-refractivity contribution in [3.05, 3.63) is 125 Å². The summed E-state index contributed by atoms with van der Waals surface area (Å²) < 4.78 is 2.36. The molecular weight excluding hydrogens is 416 g/mol. The highest BCUT2D eigenvalue weighted by Gasteiger charge is 2.14. The second-order valence-electron chi connectivity index (χ2n) is 8.52. The van der Waals surface area contributed by atoms with E-state index in [9.17, 15) is 5.11 Å². The summed E-state index contributed by atoms with van der Waals surface area (Å²) in [4.78, 5) is 0. The molecule has 3 heteroatoms. The second kappa shape index (κ2) is 11.0. The molecular formula is C31H33N2O+. The number of aliphatic hydroxyl groups excluding tert-OH is 1. The van der Waals surface area contributed by atoms with Gasteiger partial charge in [-0.2, -0.15) is 0 Å². The van der Waals surface area contributed by atoms with Crippen LogP contribution in [0.25, 0.3) is 5.57 Å². The molecule has 0 bridgehead atoms. The van der Waals surface area contributed by atoms with Gasteiger partial charge in [-0.15, -0.1) is 0 Å². The Balaban J connectivity index is 1.68. The van der Waals surface area contributed by atoms with Crippen LogP contribution in [0.4, 0.5) is 11.4 Å². The van der Waals surface area contributed by atoms with Crippen LogP contribution < -0.4 is 5.32 Å². The molecule has 0 aromatic heterocycles. The van der Waals surface area contributed by atoms with E-state index in [-0.39, 0.29) is 6.61 Å². The van der Waals surface area contributed by atoms with E-state index in [1.54, 1.807) is 0 Å². The topological polar surface area (TPSA) is 35.3 Å². The Hall–Kier alpha value is -3.69. The van der Waals surface area contributed by atoms with Crippen LogP contribution in [0.1, 0.15) is 36.1 Å². The van der Waals surface area contributed by atoms with Crippen molar-refractivity contribution >= 4 is 22.7 Å². The molecule has 0 spiro atoms. The molecule has 3 aromatic carbocycles. The largest absolute Gasteiger partial charge is 0.392 e. The van der Waals surface area contributed by atoms with E-state index in [0.717, 1.165) is 30.0 Å². The zero-order chi connectivity index (χ0) is 23.9. The molecule has 0 atom stereocenters. The quantitative estimate of drug-likeness (QED) is 0.396. The summed E-state index contributed by atoms with van der Waals surface area (Å²) in [6, 6.07) is 25.2. The standard InChI is InChI=1S/C31H32N2O/c1-4-33(5-2)30-20-14-27(15-21-30)31(25-10-6-23(3)7-11-25)26-12-18-29(19-13-26)32-28-16-8-24(22-34)9-17-28/h6-21,34H,4-5,22H2,1-3H3/p+1. The fraction of sp³-hybridized carbons (Fsp3) is 0.194. The third kappa shape index (κ3) is 5.44. The van der Waals surface area contributed by atoms with Crippen molar-refractivity contribution in [1.29, 1.82) is 0 Å². The van der Waals surface area contributed by atoms with Crippen LogP contribution >= 0.6 is 0 Å². The van der Waals surface area contributed by atoms with Gasteiger partial charge in [0.1, 0.15) is 13.1 Å². The first-order valence-corrected chi connectivity index (χ1v) is 12.0. The molecule has 0 unspecified atom stereocenters. The van der Waals surface area contributed by atoms with Crippen molar-refractivity contribution in [2.45, 2.75) is 27.4 Å². The number of nitrogens with one attached hydrogen (secondary N) is 1. The van der Waals surface area contributed by atoms with E-state index in [4.69, 9.17) is 0 Å². The van der Waals surface area contributed by atoms with Crippen LogP contribution in [0, 0.1) is 6.92 Å². The second-order valence-corrected chi connectivity index (χ2v) is 8.52. The van der Waals surface area contributed by atoms with Crippen molar-refractivity contribution in [3.8, 4) is 0 Å². The number of nitrogens with zero attached hydrogens (tertiary/aromatic N) is 1. The van der Waals surface area contributed by atoms with E-state index in [1.165, 1.54) is 33.5 Å². The molecule has 3 aromatic rings. The maximum absolute atomic E-state index is 9.25. The van der Waals surface area contributed by atoms with Crippen LogP contribution in [0.5, 0.6) is 0 Å². The van der Waals surface area contributed by atoms with Gasteiger partial charge >= 0.3 is 0 Å². The van der Waals surface area contributed by atoms with Gasteiger partial charge in [-0.1, -0.05) is 54.1 Å². The highest BCUT2D eigenvalue weighted by atomic mass is 16.3. The minimum Gasteiger partial charge on any atom is -0.392 e. The van der Waals surface area contributed by atoms with Gasteiger partial charge in [0.2, 0.25) is 0 Å². The number of hydrogen-bond donors (Lipinski definition) is 2. The van der Waals surface area contributed by atoms with Gasteiger partial charge in [0.15, 0.2) is 5.71 Å². The number of hydrogen-bond acceptors (Lipinski definition) is 2. The maximum Gasteiger partial charge on any atom is 0.199 e. The van der Waals surface area contributed by atoms with E-state index >= 15 is 0 Å². The van der Waals surface area contributed by atoms with Crippen molar-refractivity contribution in [2.24, 2.45) is 0 Å². The highest BCUT2D eigenvalue weighted by molar-refractivity contribution is 6.04. The molecule has 34 heavy (non-hydrogen) atoms.